The molecule has 0 aliphatic heterocycles. The second-order valence-corrected chi connectivity index (χ2v) is 9.50. The van der Waals surface area contributed by atoms with E-state index in [0.29, 0.717) is 5.92 Å². The minimum atomic E-state index is 0.622. The molecule has 0 fully saturated rings. The number of nitrogens with zero attached hydrogens (tertiary/aromatic N) is 1. The summed E-state index contributed by atoms with van der Waals surface area (Å²) in [7, 11) is 1.97. The van der Waals surface area contributed by atoms with Crippen LogP contribution in [-0.4, -0.2) is 25.0 Å². The highest BCUT2D eigenvalue weighted by atomic mass is 15.1. The fraction of sp³-hybridized carbons (Fsp3) is 0.586. The molecule has 0 aromatic rings. The van der Waals surface area contributed by atoms with Crippen molar-refractivity contribution >= 4 is 0 Å². The van der Waals surface area contributed by atoms with Gasteiger partial charge in [0.1, 0.15) is 0 Å². The van der Waals surface area contributed by atoms with Crippen molar-refractivity contribution < 1.29 is 0 Å². The van der Waals surface area contributed by atoms with Crippen LogP contribution in [0.2, 0.25) is 0 Å². The molecule has 0 bridgehead atoms. The molecule has 0 heterocycles. The summed E-state index contributed by atoms with van der Waals surface area (Å²) in [4.78, 5) is 2.74. The van der Waals surface area contributed by atoms with Gasteiger partial charge in [0.2, 0.25) is 0 Å². The number of hydrogen-bond acceptors (Lipinski definition) is 2. The van der Waals surface area contributed by atoms with E-state index in [9.17, 15) is 0 Å². The fourth-order valence-corrected chi connectivity index (χ4v) is 4.60. The van der Waals surface area contributed by atoms with Gasteiger partial charge >= 0.3 is 0 Å². The molecule has 1 atom stereocenters. The zero-order valence-corrected chi connectivity index (χ0v) is 20.6. The molecule has 0 unspecified atom stereocenters. The van der Waals surface area contributed by atoms with Gasteiger partial charge in [0.05, 0.1) is 0 Å². The molecule has 0 radical (unpaired) electrons. The first-order valence-corrected chi connectivity index (χ1v) is 12.6. The molecule has 0 spiro atoms. The van der Waals surface area contributed by atoms with Crippen LogP contribution in [0.3, 0.4) is 0 Å². The Bertz CT molecular complexity index is 702. The van der Waals surface area contributed by atoms with Gasteiger partial charge in [0, 0.05) is 25.8 Å². The van der Waals surface area contributed by atoms with E-state index in [4.69, 9.17) is 0 Å². The summed E-state index contributed by atoms with van der Waals surface area (Å²) in [5.74, 6) is 1.37. The Morgan fingerprint density at radius 3 is 2.81 bits per heavy atom. The summed E-state index contributed by atoms with van der Waals surface area (Å²) in [5.41, 5.74) is 6.14. The van der Waals surface area contributed by atoms with E-state index in [2.05, 4.69) is 74.1 Å². The normalized spacial score (nSPS) is 19.1. The minimum absolute atomic E-state index is 0.622. The molecule has 2 heteroatoms. The standard InChI is InChI=1S/C29H46N2/c1-6-8-12-25-21-26(15-18-30-5)23-27(22-25)17-20-31(19-16-24(3)4)29-14-10-9-13-28(29)11-7-2/h6,9,13,15,18,21-22,24,27,30H,1,7-8,10-12,14,16-17,19-20,23H2,2-5H3/b18-15-/t27-/m0/s1. The van der Waals surface area contributed by atoms with E-state index in [1.54, 1.807) is 11.3 Å². The van der Waals surface area contributed by atoms with Crippen LogP contribution in [0.1, 0.15) is 78.6 Å². The summed E-state index contributed by atoms with van der Waals surface area (Å²) in [6.07, 6.45) is 26.7. The summed E-state index contributed by atoms with van der Waals surface area (Å²) in [6, 6.07) is 0. The SMILES string of the molecule is C=CCCC1=C[C@H](CCN(CCC(C)C)C2=C(CCC)C=CCC2)CC(/C=C\NC)=C1. The maximum absolute atomic E-state index is 3.91. The average molecular weight is 423 g/mol. The summed E-state index contributed by atoms with van der Waals surface area (Å²) < 4.78 is 0. The van der Waals surface area contributed by atoms with Gasteiger partial charge in [-0.2, -0.15) is 0 Å². The zero-order valence-electron chi connectivity index (χ0n) is 20.6. The second-order valence-electron chi connectivity index (χ2n) is 9.50. The van der Waals surface area contributed by atoms with Gasteiger partial charge in [-0.1, -0.05) is 63.1 Å². The Morgan fingerprint density at radius 2 is 2.10 bits per heavy atom. The third-order valence-electron chi connectivity index (χ3n) is 6.30. The van der Waals surface area contributed by atoms with Crippen LogP contribution in [0, 0.1) is 11.8 Å². The minimum Gasteiger partial charge on any atom is -0.394 e. The van der Waals surface area contributed by atoms with Crippen LogP contribution in [0.4, 0.5) is 0 Å². The summed E-state index contributed by atoms with van der Waals surface area (Å²) >= 11 is 0. The van der Waals surface area contributed by atoms with Crippen molar-refractivity contribution in [3.63, 3.8) is 0 Å². The van der Waals surface area contributed by atoms with E-state index >= 15 is 0 Å². The third-order valence-corrected chi connectivity index (χ3v) is 6.30. The molecule has 2 nitrogen and oxygen atoms in total. The van der Waals surface area contributed by atoms with Gasteiger partial charge in [0.25, 0.3) is 0 Å². The topological polar surface area (TPSA) is 15.3 Å². The maximum Gasteiger partial charge on any atom is 0.0180 e. The zero-order chi connectivity index (χ0) is 22.5. The fourth-order valence-electron chi connectivity index (χ4n) is 4.60. The predicted octanol–water partition coefficient (Wildman–Crippen LogP) is 7.70. The van der Waals surface area contributed by atoms with Crippen LogP contribution in [0.5, 0.6) is 0 Å². The third kappa shape index (κ3) is 8.97. The molecular formula is C29H46N2. The first-order chi connectivity index (χ1) is 15.1. The van der Waals surface area contributed by atoms with Gasteiger partial charge in [-0.25, -0.2) is 0 Å². The van der Waals surface area contributed by atoms with Crippen LogP contribution in [0.15, 0.2) is 71.7 Å². The molecule has 0 saturated heterocycles. The van der Waals surface area contributed by atoms with Crippen LogP contribution >= 0.6 is 0 Å². The summed E-state index contributed by atoms with van der Waals surface area (Å²) in [6.45, 7) is 13.3. The lowest BCUT2D eigenvalue weighted by Crippen LogP contribution is -2.29. The Kier molecular flexibility index (Phi) is 11.6. The lowest BCUT2D eigenvalue weighted by molar-refractivity contribution is 0.288. The number of allylic oxidation sites excluding steroid dienone is 10. The van der Waals surface area contributed by atoms with Crippen LogP contribution in [0.25, 0.3) is 0 Å². The molecule has 31 heavy (non-hydrogen) atoms. The second kappa shape index (κ2) is 14.2. The summed E-state index contributed by atoms with van der Waals surface area (Å²) in [5, 5.41) is 3.15. The number of hydrogen-bond donors (Lipinski definition) is 1. The quantitative estimate of drug-likeness (QED) is 0.288. The van der Waals surface area contributed by atoms with Crippen molar-refractivity contribution in [3.05, 3.63) is 71.7 Å². The van der Waals surface area contributed by atoms with Crippen molar-refractivity contribution in [2.75, 3.05) is 20.1 Å². The largest absolute Gasteiger partial charge is 0.394 e. The molecular weight excluding hydrogens is 376 g/mol. The van der Waals surface area contributed by atoms with Crippen molar-refractivity contribution in [2.24, 2.45) is 11.8 Å². The molecule has 0 amide bonds. The molecule has 2 aliphatic rings. The van der Waals surface area contributed by atoms with Gasteiger partial charge in [-0.3, -0.25) is 0 Å². The van der Waals surface area contributed by atoms with E-state index in [1.807, 2.05) is 13.1 Å². The molecule has 0 aromatic heterocycles. The molecule has 0 aromatic carbocycles. The first-order valence-electron chi connectivity index (χ1n) is 12.6. The average Bonchev–Trinajstić information content (AvgIpc) is 2.77. The molecule has 1 N–H and O–H groups in total. The van der Waals surface area contributed by atoms with Crippen molar-refractivity contribution in [1.82, 2.24) is 10.2 Å². The molecule has 2 aliphatic carbocycles. The van der Waals surface area contributed by atoms with Gasteiger partial charge in [-0.15, -0.1) is 6.58 Å². The number of rotatable bonds is 14. The van der Waals surface area contributed by atoms with E-state index < -0.39 is 0 Å². The van der Waals surface area contributed by atoms with Gasteiger partial charge in [0.15, 0.2) is 0 Å². The van der Waals surface area contributed by atoms with Gasteiger partial charge < -0.3 is 10.2 Å². The lowest BCUT2D eigenvalue weighted by atomic mass is 9.86. The predicted molar refractivity (Wildman–Crippen MR) is 138 cm³/mol. The lowest BCUT2D eigenvalue weighted by Gasteiger charge is -2.33. The Hall–Kier alpha value is -1.96. The highest BCUT2D eigenvalue weighted by Crippen LogP contribution is 2.31. The van der Waals surface area contributed by atoms with E-state index in [-0.39, 0.29) is 0 Å². The number of nitrogens with one attached hydrogen (secondary N) is 1. The van der Waals surface area contributed by atoms with Crippen LogP contribution < -0.4 is 5.32 Å². The van der Waals surface area contributed by atoms with Crippen LogP contribution in [-0.2, 0) is 0 Å². The Balaban J connectivity index is 2.14. The van der Waals surface area contributed by atoms with Crippen molar-refractivity contribution in [2.45, 2.75) is 78.6 Å². The first kappa shape index (κ1) is 25.3. The smallest absolute Gasteiger partial charge is 0.0180 e. The highest BCUT2D eigenvalue weighted by Gasteiger charge is 2.19. The van der Waals surface area contributed by atoms with Gasteiger partial charge in [-0.05, 0) is 86.6 Å². The van der Waals surface area contributed by atoms with Crippen molar-refractivity contribution in [3.8, 4) is 0 Å². The Labute approximate surface area is 192 Å². The molecule has 2 rings (SSSR count). The van der Waals surface area contributed by atoms with E-state index in [1.165, 1.54) is 62.8 Å². The Morgan fingerprint density at radius 1 is 1.26 bits per heavy atom. The van der Waals surface area contributed by atoms with E-state index in [0.717, 1.165) is 25.2 Å². The van der Waals surface area contributed by atoms with Crippen molar-refractivity contribution in [1.29, 1.82) is 0 Å². The maximum atomic E-state index is 3.91. The molecule has 0 saturated carbocycles. The molecule has 172 valence electrons. The highest BCUT2D eigenvalue weighted by molar-refractivity contribution is 5.35. The monoisotopic (exact) mass is 422 g/mol.